The summed E-state index contributed by atoms with van der Waals surface area (Å²) in [6.45, 7) is 0. The zero-order valence-corrected chi connectivity index (χ0v) is 29.3. The van der Waals surface area contributed by atoms with Gasteiger partial charge in [-0.25, -0.2) is 0 Å². The normalized spacial score (nSPS) is 11.5. The van der Waals surface area contributed by atoms with E-state index in [9.17, 15) is 0 Å². The fourth-order valence-corrected chi connectivity index (χ4v) is 9.89. The molecule has 8 aromatic carbocycles. The summed E-state index contributed by atoms with van der Waals surface area (Å²) in [7, 11) is 0. The summed E-state index contributed by atoms with van der Waals surface area (Å²) >= 11 is 3.81. The fourth-order valence-electron chi connectivity index (χ4n) is 7.43. The summed E-state index contributed by atoms with van der Waals surface area (Å²) in [5.41, 5.74) is 10.7. The number of thiophene rings is 2. The molecule has 10 rings (SSSR count). The third-order valence-electron chi connectivity index (χ3n) is 9.91. The topological polar surface area (TPSA) is 3.24 Å². The Morgan fingerprint density at radius 2 is 0.784 bits per heavy atom. The average Bonchev–Trinajstić information content (AvgIpc) is 3.78. The van der Waals surface area contributed by atoms with Crippen LogP contribution in [0.2, 0.25) is 0 Å². The molecule has 0 fully saturated rings. The van der Waals surface area contributed by atoms with Gasteiger partial charge in [-0.2, -0.15) is 0 Å². The van der Waals surface area contributed by atoms with E-state index in [1.54, 1.807) is 0 Å². The largest absolute Gasteiger partial charge is 0.311 e. The van der Waals surface area contributed by atoms with Crippen LogP contribution in [0.15, 0.2) is 188 Å². The molecule has 0 spiro atoms. The molecular formula is C48H31NS2. The van der Waals surface area contributed by atoms with Crippen LogP contribution in [0.1, 0.15) is 0 Å². The van der Waals surface area contributed by atoms with Crippen molar-refractivity contribution in [2.75, 3.05) is 4.90 Å². The molecule has 240 valence electrons. The van der Waals surface area contributed by atoms with Crippen LogP contribution in [-0.4, -0.2) is 0 Å². The first kappa shape index (κ1) is 29.9. The molecule has 0 N–H and O–H groups in total. The number of hydrogen-bond acceptors (Lipinski definition) is 3. The second kappa shape index (κ2) is 12.4. The van der Waals surface area contributed by atoms with Gasteiger partial charge in [0.1, 0.15) is 0 Å². The van der Waals surface area contributed by atoms with Crippen LogP contribution in [0.25, 0.3) is 73.7 Å². The van der Waals surface area contributed by atoms with Crippen LogP contribution in [0.4, 0.5) is 17.1 Å². The standard InChI is InChI=1S/C48H31NS2/c1-3-10-32(11-4-1)34-18-24-37(25-19-34)49(38-26-20-35(21-27-38)33-12-5-2-6-13-33)39-28-22-36(23-29-39)40-15-9-17-44-46(40)47-45(50-44)31-30-42-41-14-7-8-16-43(41)51-48(42)47/h1-31H. The van der Waals surface area contributed by atoms with E-state index in [-0.39, 0.29) is 0 Å². The first-order valence-corrected chi connectivity index (χ1v) is 18.9. The van der Waals surface area contributed by atoms with E-state index < -0.39 is 0 Å². The van der Waals surface area contributed by atoms with Crippen molar-refractivity contribution in [3.05, 3.63) is 188 Å². The van der Waals surface area contributed by atoms with E-state index in [0.717, 1.165) is 17.1 Å². The van der Waals surface area contributed by atoms with Gasteiger partial charge in [-0.15, -0.1) is 22.7 Å². The van der Waals surface area contributed by atoms with Gasteiger partial charge in [0, 0.05) is 57.4 Å². The summed E-state index contributed by atoms with van der Waals surface area (Å²) < 4.78 is 5.40. The third kappa shape index (κ3) is 5.21. The summed E-state index contributed by atoms with van der Waals surface area (Å²) in [4.78, 5) is 2.36. The van der Waals surface area contributed by atoms with E-state index in [2.05, 4.69) is 193 Å². The molecular weight excluding hydrogens is 655 g/mol. The molecule has 0 saturated heterocycles. The van der Waals surface area contributed by atoms with Gasteiger partial charge in [0.15, 0.2) is 0 Å². The predicted octanol–water partition coefficient (Wildman–Crippen LogP) is 14.9. The van der Waals surface area contributed by atoms with Crippen molar-refractivity contribution in [1.29, 1.82) is 0 Å². The molecule has 0 amide bonds. The molecule has 2 aromatic heterocycles. The Labute approximate surface area is 304 Å². The monoisotopic (exact) mass is 685 g/mol. The Morgan fingerprint density at radius 1 is 0.294 bits per heavy atom. The van der Waals surface area contributed by atoms with Crippen LogP contribution >= 0.6 is 22.7 Å². The molecule has 2 heterocycles. The van der Waals surface area contributed by atoms with Gasteiger partial charge in [-0.1, -0.05) is 133 Å². The average molecular weight is 686 g/mol. The lowest BCUT2D eigenvalue weighted by Crippen LogP contribution is -2.09. The highest BCUT2D eigenvalue weighted by molar-refractivity contribution is 7.29. The number of benzene rings is 8. The molecule has 0 radical (unpaired) electrons. The van der Waals surface area contributed by atoms with E-state index in [0.29, 0.717) is 0 Å². The molecule has 10 aromatic rings. The van der Waals surface area contributed by atoms with Gasteiger partial charge in [0.2, 0.25) is 0 Å². The van der Waals surface area contributed by atoms with Crippen LogP contribution in [0.5, 0.6) is 0 Å². The molecule has 0 unspecified atom stereocenters. The van der Waals surface area contributed by atoms with Crippen molar-refractivity contribution in [3.63, 3.8) is 0 Å². The van der Waals surface area contributed by atoms with Gasteiger partial charge in [-0.05, 0) is 88.0 Å². The lowest BCUT2D eigenvalue weighted by atomic mass is 9.98. The van der Waals surface area contributed by atoms with E-state index in [1.165, 1.54) is 73.7 Å². The molecule has 1 nitrogen and oxygen atoms in total. The van der Waals surface area contributed by atoms with Crippen molar-refractivity contribution in [1.82, 2.24) is 0 Å². The molecule has 0 atom stereocenters. The minimum absolute atomic E-state index is 1.12. The first-order valence-electron chi connectivity index (χ1n) is 17.3. The van der Waals surface area contributed by atoms with E-state index >= 15 is 0 Å². The Morgan fingerprint density at radius 3 is 1.39 bits per heavy atom. The number of fused-ring (bicyclic) bond motifs is 7. The molecule has 51 heavy (non-hydrogen) atoms. The molecule has 0 aliphatic rings. The minimum Gasteiger partial charge on any atom is -0.311 e. The van der Waals surface area contributed by atoms with E-state index in [1.807, 2.05) is 22.7 Å². The Kier molecular flexibility index (Phi) is 7.26. The maximum absolute atomic E-state index is 2.36. The number of anilines is 3. The number of nitrogens with zero attached hydrogens (tertiary/aromatic N) is 1. The van der Waals surface area contributed by atoms with E-state index in [4.69, 9.17) is 0 Å². The fraction of sp³-hybridized carbons (Fsp3) is 0. The Balaban J connectivity index is 1.08. The Bertz CT molecular complexity index is 2730. The summed E-state index contributed by atoms with van der Waals surface area (Å²) in [5, 5.41) is 5.42. The molecule has 0 bridgehead atoms. The van der Waals surface area contributed by atoms with Crippen molar-refractivity contribution >= 4 is 80.1 Å². The predicted molar refractivity (Wildman–Crippen MR) is 223 cm³/mol. The van der Waals surface area contributed by atoms with Gasteiger partial charge in [-0.3, -0.25) is 0 Å². The summed E-state index contributed by atoms with van der Waals surface area (Å²) in [6, 6.07) is 68.3. The van der Waals surface area contributed by atoms with Gasteiger partial charge < -0.3 is 4.90 Å². The molecule has 0 aliphatic heterocycles. The lowest BCUT2D eigenvalue weighted by Gasteiger charge is -2.26. The smallest absolute Gasteiger partial charge is 0.0462 e. The van der Waals surface area contributed by atoms with Crippen LogP contribution < -0.4 is 4.90 Å². The maximum Gasteiger partial charge on any atom is 0.0462 e. The highest BCUT2D eigenvalue weighted by atomic mass is 32.1. The van der Waals surface area contributed by atoms with Crippen molar-refractivity contribution in [2.24, 2.45) is 0 Å². The number of rotatable bonds is 6. The summed E-state index contributed by atoms with van der Waals surface area (Å²) in [6.07, 6.45) is 0. The third-order valence-corrected chi connectivity index (χ3v) is 12.2. The zero-order chi connectivity index (χ0) is 33.7. The molecule has 0 aliphatic carbocycles. The first-order chi connectivity index (χ1) is 25.3. The quantitative estimate of drug-likeness (QED) is 0.168. The highest BCUT2D eigenvalue weighted by Gasteiger charge is 2.18. The Hall–Kier alpha value is -6.00. The molecule has 0 saturated carbocycles. The van der Waals surface area contributed by atoms with Crippen molar-refractivity contribution < 1.29 is 0 Å². The zero-order valence-electron chi connectivity index (χ0n) is 27.7. The van der Waals surface area contributed by atoms with Crippen molar-refractivity contribution in [3.8, 4) is 33.4 Å². The van der Waals surface area contributed by atoms with Crippen LogP contribution in [0.3, 0.4) is 0 Å². The molecule has 3 heteroatoms. The van der Waals surface area contributed by atoms with Gasteiger partial charge >= 0.3 is 0 Å². The van der Waals surface area contributed by atoms with Crippen molar-refractivity contribution in [2.45, 2.75) is 0 Å². The maximum atomic E-state index is 2.36. The summed E-state index contributed by atoms with van der Waals surface area (Å²) in [5.74, 6) is 0. The van der Waals surface area contributed by atoms with Crippen LogP contribution in [0, 0.1) is 0 Å². The minimum atomic E-state index is 1.12. The van der Waals surface area contributed by atoms with Gasteiger partial charge in [0.05, 0.1) is 0 Å². The van der Waals surface area contributed by atoms with Crippen LogP contribution in [-0.2, 0) is 0 Å². The SMILES string of the molecule is c1ccc(-c2ccc(N(c3ccc(-c4ccccc4)cc3)c3ccc(-c4cccc5sc6ccc7c8ccccc8sc7c6c45)cc3)cc2)cc1. The number of hydrogen-bond donors (Lipinski definition) is 0. The second-order valence-electron chi connectivity index (χ2n) is 12.9. The lowest BCUT2D eigenvalue weighted by molar-refractivity contribution is 1.28. The highest BCUT2D eigenvalue weighted by Crippen LogP contribution is 2.47. The van der Waals surface area contributed by atoms with Gasteiger partial charge in [0.25, 0.3) is 0 Å². The second-order valence-corrected chi connectivity index (χ2v) is 15.0.